The first-order valence-corrected chi connectivity index (χ1v) is 15.9. The van der Waals surface area contributed by atoms with E-state index in [9.17, 15) is 0 Å². The minimum atomic E-state index is 0.589. The average Bonchev–Trinajstić information content (AvgIpc) is 3.23. The van der Waals surface area contributed by atoms with Gasteiger partial charge in [-0.25, -0.2) is 0 Å². The maximum atomic E-state index is 3.32. The van der Waals surface area contributed by atoms with Crippen molar-refractivity contribution in [2.45, 2.75) is 0 Å². The molecule has 0 unspecified atom stereocenters. The highest BCUT2D eigenvalue weighted by Gasteiger charge is 1.91. The smallest absolute Gasteiger partial charge is 0.153 e. The predicted molar refractivity (Wildman–Crippen MR) is 216 cm³/mol. The molecule has 2 rings (SSSR count). The molecule has 2 heteroatoms. The minimum absolute atomic E-state index is 0.589. The van der Waals surface area contributed by atoms with Gasteiger partial charge in [0.15, 0.2) is 5.82 Å². The van der Waals surface area contributed by atoms with Gasteiger partial charge in [-0.1, -0.05) is 90.7 Å². The Bertz CT molecular complexity index is 3180. The van der Waals surface area contributed by atoms with Gasteiger partial charge in [-0.15, -0.1) is 0 Å². The highest BCUT2D eigenvalue weighted by molar-refractivity contribution is 5.49. The largest absolute Gasteiger partial charge is 0.361 e. The summed E-state index contributed by atoms with van der Waals surface area (Å²) in [6.07, 6.45) is 8.14. The van der Waals surface area contributed by atoms with Crippen molar-refractivity contribution in [2.75, 3.05) is 13.1 Å². The molecule has 56 heavy (non-hydrogen) atoms. The van der Waals surface area contributed by atoms with Crippen LogP contribution >= 0.6 is 0 Å². The first-order valence-electron chi connectivity index (χ1n) is 15.9. The maximum Gasteiger partial charge on any atom is 0.153 e. The second-order valence-electron chi connectivity index (χ2n) is 9.06. The lowest BCUT2D eigenvalue weighted by Crippen LogP contribution is -2.25. The zero-order valence-electron chi connectivity index (χ0n) is 29.7. The molecule has 0 saturated carbocycles. The molecule has 0 amide bonds. The van der Waals surface area contributed by atoms with Crippen LogP contribution in [-0.2, 0) is 0 Å². The Hall–Kier alpha value is -10.2. The van der Waals surface area contributed by atoms with Crippen molar-refractivity contribution in [3.8, 4) is 0 Å². The number of hydrogen-bond donors (Lipinski definition) is 2. The third kappa shape index (κ3) is 26.7. The van der Waals surface area contributed by atoms with Gasteiger partial charge in [0.1, 0.15) is 0 Å². The Morgan fingerprint density at radius 3 is 0.875 bits per heavy atom. The van der Waals surface area contributed by atoms with Crippen LogP contribution in [0, 0.1) is 0 Å². The van der Waals surface area contributed by atoms with Crippen LogP contribution in [0.25, 0.3) is 12.2 Å². The average molecular weight is 699 g/mol. The first kappa shape index (κ1) is 41.9. The van der Waals surface area contributed by atoms with E-state index in [1.54, 1.807) is 0 Å². The van der Waals surface area contributed by atoms with Crippen molar-refractivity contribution in [3.05, 3.63) is 291 Å². The van der Waals surface area contributed by atoms with Gasteiger partial charge in [-0.05, 0) is 115 Å². The van der Waals surface area contributed by atoms with Crippen LogP contribution in [0.3, 0.4) is 0 Å². The van der Waals surface area contributed by atoms with E-state index >= 15 is 0 Å². The lowest BCUT2D eigenvalue weighted by atomic mass is 10.2. The molecule has 2 N–H and O–H groups in total. The van der Waals surface area contributed by atoms with Crippen molar-refractivity contribution < 1.29 is 0 Å². The first-order chi connectivity index (χ1) is 27.9. The van der Waals surface area contributed by atoms with Crippen LogP contribution in [0.2, 0.25) is 0 Å². The van der Waals surface area contributed by atoms with Crippen LogP contribution in [0.4, 0.5) is 0 Å². The van der Waals surface area contributed by atoms with Gasteiger partial charge in [-0.2, -0.15) is 0 Å². The molecule has 0 aliphatic rings. The summed E-state index contributed by atoms with van der Waals surface area (Å²) >= 11 is 0. The van der Waals surface area contributed by atoms with Crippen molar-refractivity contribution >= 4 is 12.2 Å². The number of rotatable bonds is 8. The van der Waals surface area contributed by atoms with E-state index in [0.717, 1.165) is 11.1 Å². The molecule has 0 radical (unpaired) electrons. The zero-order valence-corrected chi connectivity index (χ0v) is 29.7. The molecule has 0 spiro atoms. The van der Waals surface area contributed by atoms with Crippen molar-refractivity contribution in [1.29, 1.82) is 0 Å². The molecular weight excluding hydrogens is 677 g/mol. The van der Waals surface area contributed by atoms with Gasteiger partial charge < -0.3 is 10.6 Å². The van der Waals surface area contributed by atoms with E-state index in [0.29, 0.717) is 18.9 Å². The summed E-state index contributed by atoms with van der Waals surface area (Å²) in [5, 5.41) is 6.56. The topological polar surface area (TPSA) is 24.1 Å². The minimum Gasteiger partial charge on any atom is -0.361 e. The van der Waals surface area contributed by atoms with Crippen LogP contribution in [0.1, 0.15) is 11.1 Å². The maximum absolute atomic E-state index is 3.32. The van der Waals surface area contributed by atoms with Crippen molar-refractivity contribution in [2.24, 2.45) is 0 Å². The lowest BCUT2D eigenvalue weighted by Gasteiger charge is -2.07. The Morgan fingerprint density at radius 1 is 0.357 bits per heavy atom. The molecule has 0 aliphatic carbocycles. The number of nitrogens with one attached hydrogen (secondary N) is 2. The Balaban J connectivity index is 2.23. The van der Waals surface area contributed by atoms with Gasteiger partial charge in [0, 0.05) is 105 Å². The summed E-state index contributed by atoms with van der Waals surface area (Å²) < 4.78 is 0. The number of benzene rings is 2. The van der Waals surface area contributed by atoms with E-state index < -0.39 is 0 Å². The van der Waals surface area contributed by atoms with Gasteiger partial charge in [0.2, 0.25) is 0 Å². The van der Waals surface area contributed by atoms with Gasteiger partial charge in [0.25, 0.3) is 0 Å². The van der Waals surface area contributed by atoms with Crippen LogP contribution in [0.5, 0.6) is 0 Å². The van der Waals surface area contributed by atoms with E-state index in [1.807, 2.05) is 85.0 Å². The van der Waals surface area contributed by atoms with E-state index in [4.69, 9.17) is 0 Å². The predicted octanol–water partition coefficient (Wildman–Crippen LogP) is 9.34. The molecule has 0 bridgehead atoms. The SMILES string of the molecule is C=C=C=C=C=C=C=C=C=C=C=C=C=C=C=C=C=C=C=C=C=C=C=C=C=C=C=C=C=C=C=C=C=C=C=C(NC/C=C/c1ccccc1)NC/C=C/c1ccccc1. The molecule has 0 atom stereocenters. The van der Waals surface area contributed by atoms with E-state index in [1.165, 1.54) is 0 Å². The van der Waals surface area contributed by atoms with Crippen LogP contribution in [-0.4, -0.2) is 13.1 Å². The fraction of sp³-hybridized carbons (Fsp3) is 0.0370. The summed E-state index contributed by atoms with van der Waals surface area (Å²) in [6, 6.07) is 20.1. The summed E-state index contributed by atoms with van der Waals surface area (Å²) in [7, 11) is 0. The van der Waals surface area contributed by atoms with Crippen molar-refractivity contribution in [1.82, 2.24) is 10.6 Å². The van der Waals surface area contributed by atoms with Crippen LogP contribution in [0.15, 0.2) is 280 Å². The Kier molecular flexibility index (Phi) is 24.9. The summed E-state index contributed by atoms with van der Waals surface area (Å²) in [4.78, 5) is 0. The van der Waals surface area contributed by atoms with E-state index in [-0.39, 0.29) is 0 Å². The molecule has 0 fully saturated rings. The lowest BCUT2D eigenvalue weighted by molar-refractivity contribution is 0.766. The van der Waals surface area contributed by atoms with Crippen molar-refractivity contribution in [3.63, 3.8) is 0 Å². The standard InChI is InChI=1S/C54H22N2/c1-2-3-4-5-6-7-8-9-10-11-12-13-14-15-16-17-18-19-20-21-22-23-24-25-26-27-28-29-30-31-32-33-40-49-54(55-50-41-47-52-43-36-34-37-44-52)56-51-42-48-53-45-38-35-39-46-53/h34-39,41-48,55-56H,1,50-51H2/b47-41+,48-42+. The van der Waals surface area contributed by atoms with Gasteiger partial charge >= 0.3 is 0 Å². The molecule has 0 heterocycles. The third-order valence-corrected chi connectivity index (χ3v) is 5.23. The molecular formula is C54H22N2. The summed E-state index contributed by atoms with van der Waals surface area (Å²) in [5.74, 6) is 0.647. The Morgan fingerprint density at radius 2 is 0.607 bits per heavy atom. The fourth-order valence-electron chi connectivity index (χ4n) is 3.07. The third-order valence-electron chi connectivity index (χ3n) is 5.23. The van der Waals surface area contributed by atoms with E-state index in [2.05, 4.69) is 212 Å². The molecule has 0 aromatic heterocycles. The second-order valence-corrected chi connectivity index (χ2v) is 9.06. The normalized spacial score (nSPS) is 6.71. The molecule has 2 aromatic carbocycles. The highest BCUT2D eigenvalue weighted by Crippen LogP contribution is 2.01. The van der Waals surface area contributed by atoms with Crippen LogP contribution < -0.4 is 10.6 Å². The highest BCUT2D eigenvalue weighted by atomic mass is 15.1. The zero-order chi connectivity index (χ0) is 39.5. The number of hydrogen-bond acceptors (Lipinski definition) is 2. The molecule has 2 aromatic rings. The molecule has 248 valence electrons. The molecule has 0 aliphatic heterocycles. The fourth-order valence-corrected chi connectivity index (χ4v) is 3.07. The summed E-state index contributed by atoms with van der Waals surface area (Å²) in [5.41, 5.74) is 89.0. The Labute approximate surface area is 325 Å². The van der Waals surface area contributed by atoms with Gasteiger partial charge in [-0.3, -0.25) is 0 Å². The molecule has 0 saturated heterocycles. The monoisotopic (exact) mass is 698 g/mol. The quantitative estimate of drug-likeness (QED) is 0.269. The molecule has 2 nitrogen and oxygen atoms in total. The summed E-state index contributed by atoms with van der Waals surface area (Å²) in [6.45, 7) is 4.50. The van der Waals surface area contributed by atoms with Gasteiger partial charge in [0.05, 0.1) is 0 Å². The second kappa shape index (κ2) is 33.3.